The first-order valence-corrected chi connectivity index (χ1v) is 5.67. The van der Waals surface area contributed by atoms with E-state index in [1.54, 1.807) is 0 Å². The van der Waals surface area contributed by atoms with Gasteiger partial charge in [-0.1, -0.05) is 0 Å². The quantitative estimate of drug-likeness (QED) is 0.249. The van der Waals surface area contributed by atoms with E-state index >= 15 is 0 Å². The van der Waals surface area contributed by atoms with Crippen molar-refractivity contribution >= 4 is 11.9 Å². The highest BCUT2D eigenvalue weighted by Gasteiger charge is 2.50. The molecule has 10 nitrogen and oxygen atoms in total. The molecule has 7 N–H and O–H groups in total. The lowest BCUT2D eigenvalue weighted by Crippen LogP contribution is -2.64. The zero-order valence-corrected chi connectivity index (χ0v) is 10.1. The summed E-state index contributed by atoms with van der Waals surface area (Å²) in [6.45, 7) is 0. The van der Waals surface area contributed by atoms with Crippen molar-refractivity contribution in [3.8, 4) is 0 Å². The van der Waals surface area contributed by atoms with Gasteiger partial charge in [0.25, 0.3) is 0 Å². The normalized spacial score (nSPS) is 39.1. The molecular formula is C10H16O10. The molecule has 1 fully saturated rings. The first-order chi connectivity index (χ1) is 9.16. The molecular weight excluding hydrogens is 280 g/mol. The third-order valence-electron chi connectivity index (χ3n) is 2.97. The van der Waals surface area contributed by atoms with Gasteiger partial charge in [-0.15, -0.1) is 0 Å². The summed E-state index contributed by atoms with van der Waals surface area (Å²) < 4.78 is 4.48. The number of aliphatic hydroxyl groups excluding tert-OH is 6. The van der Waals surface area contributed by atoms with Gasteiger partial charge in [0.05, 0.1) is 6.42 Å². The van der Waals surface area contributed by atoms with E-state index in [2.05, 4.69) is 4.74 Å². The van der Waals surface area contributed by atoms with E-state index in [1.807, 2.05) is 0 Å². The lowest BCUT2D eigenvalue weighted by molar-refractivity contribution is -0.236. The van der Waals surface area contributed by atoms with E-state index in [4.69, 9.17) is 5.11 Å². The minimum Gasteiger partial charge on any atom is -0.481 e. The molecule has 0 aliphatic heterocycles. The topological polar surface area (TPSA) is 185 Å². The number of rotatable bonds is 4. The van der Waals surface area contributed by atoms with Crippen molar-refractivity contribution in [3.63, 3.8) is 0 Å². The van der Waals surface area contributed by atoms with Crippen LogP contribution in [0, 0.1) is 0 Å². The zero-order valence-electron chi connectivity index (χ0n) is 10.1. The Balaban J connectivity index is 2.74. The molecule has 1 rings (SSSR count). The van der Waals surface area contributed by atoms with Crippen molar-refractivity contribution in [1.82, 2.24) is 0 Å². The molecule has 0 bridgehead atoms. The molecule has 20 heavy (non-hydrogen) atoms. The highest BCUT2D eigenvalue weighted by molar-refractivity contribution is 5.80. The molecule has 0 aromatic carbocycles. The third-order valence-corrected chi connectivity index (χ3v) is 2.97. The van der Waals surface area contributed by atoms with Crippen molar-refractivity contribution < 1.29 is 50.1 Å². The number of carbonyl (C=O) groups excluding carboxylic acids is 1. The Morgan fingerprint density at radius 2 is 1.30 bits per heavy atom. The van der Waals surface area contributed by atoms with Gasteiger partial charge in [-0.05, 0) is 0 Å². The van der Waals surface area contributed by atoms with E-state index in [-0.39, 0.29) is 0 Å². The molecule has 0 aromatic rings. The van der Waals surface area contributed by atoms with Gasteiger partial charge in [0.15, 0.2) is 12.2 Å². The molecule has 0 saturated heterocycles. The van der Waals surface area contributed by atoms with Crippen molar-refractivity contribution in [2.24, 2.45) is 0 Å². The molecule has 0 heterocycles. The fraction of sp³-hybridized carbons (Fsp3) is 0.800. The van der Waals surface area contributed by atoms with Crippen LogP contribution in [0.2, 0.25) is 0 Å². The van der Waals surface area contributed by atoms with Crippen LogP contribution in [0.1, 0.15) is 6.42 Å². The Morgan fingerprint density at radius 3 is 1.70 bits per heavy atom. The van der Waals surface area contributed by atoms with Gasteiger partial charge in [0.2, 0.25) is 0 Å². The third kappa shape index (κ3) is 3.42. The average Bonchev–Trinajstić information content (AvgIpc) is 2.38. The minimum atomic E-state index is -2.03. The zero-order chi connectivity index (χ0) is 15.6. The van der Waals surface area contributed by atoms with Crippen molar-refractivity contribution in [1.29, 1.82) is 0 Å². The van der Waals surface area contributed by atoms with Gasteiger partial charge in [-0.25, -0.2) is 4.79 Å². The van der Waals surface area contributed by atoms with Crippen LogP contribution >= 0.6 is 0 Å². The van der Waals surface area contributed by atoms with Gasteiger partial charge >= 0.3 is 11.9 Å². The van der Waals surface area contributed by atoms with Crippen LogP contribution in [0.3, 0.4) is 0 Å². The van der Waals surface area contributed by atoms with Crippen LogP contribution in [-0.4, -0.2) is 90.4 Å². The maximum absolute atomic E-state index is 11.3. The number of esters is 1. The lowest BCUT2D eigenvalue weighted by atomic mass is 9.85. The first kappa shape index (κ1) is 16.8. The summed E-state index contributed by atoms with van der Waals surface area (Å²) in [6, 6.07) is 0. The number of carboxylic acids is 1. The van der Waals surface area contributed by atoms with Crippen LogP contribution in [-0.2, 0) is 14.3 Å². The summed E-state index contributed by atoms with van der Waals surface area (Å²) in [7, 11) is 0. The highest BCUT2D eigenvalue weighted by Crippen LogP contribution is 2.24. The SMILES string of the molecule is O=C(O)CC(O)C(=O)OC1C(O)C(O)C(O)C(O)C1O. The Bertz CT molecular complexity index is 355. The van der Waals surface area contributed by atoms with Crippen molar-refractivity contribution in [3.05, 3.63) is 0 Å². The molecule has 10 heteroatoms. The van der Waals surface area contributed by atoms with Gasteiger partial charge in [0.1, 0.15) is 30.5 Å². The van der Waals surface area contributed by atoms with E-state index in [0.29, 0.717) is 0 Å². The summed E-state index contributed by atoms with van der Waals surface area (Å²) in [6.07, 6.45) is -14.3. The summed E-state index contributed by atoms with van der Waals surface area (Å²) in [5.74, 6) is -2.93. The standard InChI is InChI=1S/C10H16O10/c11-2(1-3(12)13)10(19)20-9-7(17)5(15)4(14)6(16)8(9)18/h2,4-9,11,14-18H,1H2,(H,12,13). The average molecular weight is 296 g/mol. The summed E-state index contributed by atoms with van der Waals surface area (Å²) >= 11 is 0. The molecule has 1 aliphatic rings. The van der Waals surface area contributed by atoms with Crippen LogP contribution in [0.25, 0.3) is 0 Å². The lowest BCUT2D eigenvalue weighted by Gasteiger charge is -2.41. The van der Waals surface area contributed by atoms with Crippen LogP contribution in [0.5, 0.6) is 0 Å². The molecule has 0 radical (unpaired) electrons. The predicted molar refractivity (Wildman–Crippen MR) is 58.2 cm³/mol. The summed E-state index contributed by atoms with van der Waals surface area (Å²) in [5, 5.41) is 64.7. The molecule has 1 saturated carbocycles. The largest absolute Gasteiger partial charge is 0.481 e. The van der Waals surface area contributed by atoms with Crippen LogP contribution < -0.4 is 0 Å². The predicted octanol–water partition coefficient (Wildman–Crippen LogP) is -4.45. The van der Waals surface area contributed by atoms with E-state index in [0.717, 1.165) is 0 Å². The Kier molecular flexibility index (Phi) is 5.39. The number of carboxylic acid groups (broad SMARTS) is 1. The number of aliphatic hydroxyl groups is 6. The molecule has 0 spiro atoms. The second-order valence-corrected chi connectivity index (χ2v) is 4.47. The van der Waals surface area contributed by atoms with E-state index < -0.39 is 61.1 Å². The van der Waals surface area contributed by atoms with Crippen molar-refractivity contribution in [2.75, 3.05) is 0 Å². The molecule has 5 unspecified atom stereocenters. The Hall–Kier alpha value is -1.30. The molecule has 1 aliphatic carbocycles. The maximum Gasteiger partial charge on any atom is 0.336 e. The second kappa shape index (κ2) is 6.43. The maximum atomic E-state index is 11.3. The Morgan fingerprint density at radius 1 is 0.900 bits per heavy atom. The van der Waals surface area contributed by atoms with E-state index in [1.165, 1.54) is 0 Å². The number of carbonyl (C=O) groups is 2. The fourth-order valence-corrected chi connectivity index (χ4v) is 1.80. The van der Waals surface area contributed by atoms with Crippen molar-refractivity contribution in [2.45, 2.75) is 49.1 Å². The molecule has 0 aromatic heterocycles. The minimum absolute atomic E-state index is 0.953. The van der Waals surface area contributed by atoms with Gasteiger partial charge in [-0.3, -0.25) is 4.79 Å². The van der Waals surface area contributed by atoms with Crippen LogP contribution in [0.15, 0.2) is 0 Å². The molecule has 0 amide bonds. The number of hydrogen-bond donors (Lipinski definition) is 7. The summed E-state index contributed by atoms with van der Waals surface area (Å²) in [4.78, 5) is 21.7. The number of ether oxygens (including phenoxy) is 1. The van der Waals surface area contributed by atoms with Gasteiger partial charge in [0, 0.05) is 0 Å². The highest BCUT2D eigenvalue weighted by atomic mass is 16.6. The number of aliphatic carboxylic acids is 1. The van der Waals surface area contributed by atoms with Crippen LogP contribution in [0.4, 0.5) is 0 Å². The van der Waals surface area contributed by atoms with Gasteiger partial charge in [-0.2, -0.15) is 0 Å². The fourth-order valence-electron chi connectivity index (χ4n) is 1.80. The smallest absolute Gasteiger partial charge is 0.336 e. The monoisotopic (exact) mass is 296 g/mol. The van der Waals surface area contributed by atoms with Gasteiger partial charge < -0.3 is 40.5 Å². The molecule has 116 valence electrons. The first-order valence-electron chi connectivity index (χ1n) is 5.67. The second-order valence-electron chi connectivity index (χ2n) is 4.47. The summed E-state index contributed by atoms with van der Waals surface area (Å²) in [5.41, 5.74) is 0. The van der Waals surface area contributed by atoms with E-state index in [9.17, 15) is 40.2 Å². The molecule has 5 atom stereocenters. The Labute approximate surface area is 112 Å². The number of hydrogen-bond acceptors (Lipinski definition) is 9.